The van der Waals surface area contributed by atoms with E-state index in [2.05, 4.69) is 10.5 Å². The lowest BCUT2D eigenvalue weighted by Gasteiger charge is -2.29. The van der Waals surface area contributed by atoms with Crippen LogP contribution in [0.5, 0.6) is 5.75 Å². The van der Waals surface area contributed by atoms with Gasteiger partial charge in [-0.15, -0.1) is 0 Å². The Morgan fingerprint density at radius 3 is 2.53 bits per heavy atom. The normalized spacial score (nSPS) is 14.2. The fourth-order valence-corrected chi connectivity index (χ4v) is 3.99. The molecule has 172 valence electrons. The van der Waals surface area contributed by atoms with Gasteiger partial charge in [-0.1, -0.05) is 35.5 Å². The standard InChI is InChI=1S/C23H26N2O4.C2H7N/c1-16-21(28-15-18-5-3-2-4-6-18)10-8-19-20(24-29-22(16)19)9-7-17-11-13-25(14-12-17)23(26)27;1-3-2/h2-6,8,10,17H,7,9,11-15H2,1H3,(H,26,27);3H,1-2H3. The molecular formula is C25H33N3O4. The Morgan fingerprint density at radius 1 is 1.19 bits per heavy atom. The summed E-state index contributed by atoms with van der Waals surface area (Å²) < 4.78 is 11.6. The fraction of sp³-hybridized carbons (Fsp3) is 0.440. The SMILES string of the molecule is CNC.Cc1c(OCc2ccccc2)ccc2c(CCC3CCN(C(=O)O)CC3)noc12. The summed E-state index contributed by atoms with van der Waals surface area (Å²) in [6, 6.07) is 14.1. The lowest BCUT2D eigenvalue weighted by atomic mass is 9.91. The molecule has 3 aromatic rings. The topological polar surface area (TPSA) is 87.8 Å². The van der Waals surface area contributed by atoms with Crippen molar-refractivity contribution < 1.29 is 19.2 Å². The van der Waals surface area contributed by atoms with Gasteiger partial charge in [0, 0.05) is 24.0 Å². The first kappa shape index (κ1) is 23.6. The van der Waals surface area contributed by atoms with E-state index in [0.717, 1.165) is 59.2 Å². The summed E-state index contributed by atoms with van der Waals surface area (Å²) in [5.74, 6) is 1.34. The average Bonchev–Trinajstić information content (AvgIpc) is 3.22. The number of aryl methyl sites for hydroxylation is 2. The minimum absolute atomic E-state index is 0.517. The largest absolute Gasteiger partial charge is 0.488 e. The number of piperidine rings is 1. The molecule has 0 aliphatic carbocycles. The summed E-state index contributed by atoms with van der Waals surface area (Å²) in [5.41, 5.74) is 3.84. The molecule has 0 saturated carbocycles. The summed E-state index contributed by atoms with van der Waals surface area (Å²) in [6.45, 7) is 3.77. The first-order valence-electron chi connectivity index (χ1n) is 11.1. The van der Waals surface area contributed by atoms with Crippen LogP contribution in [0.3, 0.4) is 0 Å². The van der Waals surface area contributed by atoms with E-state index < -0.39 is 6.09 Å². The highest BCUT2D eigenvalue weighted by atomic mass is 16.5. The molecule has 1 amide bonds. The van der Waals surface area contributed by atoms with Gasteiger partial charge in [0.25, 0.3) is 0 Å². The number of nitrogens with one attached hydrogen (secondary N) is 1. The van der Waals surface area contributed by atoms with E-state index in [-0.39, 0.29) is 0 Å². The number of benzene rings is 2. The number of hydrogen-bond acceptors (Lipinski definition) is 5. The molecule has 32 heavy (non-hydrogen) atoms. The van der Waals surface area contributed by atoms with Gasteiger partial charge in [0.05, 0.1) is 5.69 Å². The molecule has 1 aliphatic heterocycles. The van der Waals surface area contributed by atoms with Gasteiger partial charge in [-0.3, -0.25) is 0 Å². The van der Waals surface area contributed by atoms with Crippen LogP contribution in [0.2, 0.25) is 0 Å². The Labute approximate surface area is 189 Å². The first-order valence-corrected chi connectivity index (χ1v) is 11.1. The van der Waals surface area contributed by atoms with Crippen LogP contribution in [0.25, 0.3) is 11.0 Å². The molecule has 2 aromatic carbocycles. The lowest BCUT2D eigenvalue weighted by Crippen LogP contribution is -2.37. The van der Waals surface area contributed by atoms with Crippen LogP contribution in [-0.2, 0) is 13.0 Å². The predicted octanol–water partition coefficient (Wildman–Crippen LogP) is 4.87. The number of ether oxygens (including phenoxy) is 1. The van der Waals surface area contributed by atoms with Crippen molar-refractivity contribution in [3.05, 3.63) is 59.3 Å². The number of fused-ring (bicyclic) bond motifs is 1. The molecule has 1 aliphatic rings. The van der Waals surface area contributed by atoms with Crippen LogP contribution in [0.15, 0.2) is 47.0 Å². The molecule has 7 nitrogen and oxygen atoms in total. The molecule has 1 saturated heterocycles. The van der Waals surface area contributed by atoms with E-state index in [1.54, 1.807) is 0 Å². The number of carbonyl (C=O) groups is 1. The number of carboxylic acid groups (broad SMARTS) is 1. The summed E-state index contributed by atoms with van der Waals surface area (Å²) >= 11 is 0. The van der Waals surface area contributed by atoms with Crippen molar-refractivity contribution in [3.8, 4) is 5.75 Å². The van der Waals surface area contributed by atoms with E-state index in [9.17, 15) is 4.79 Å². The summed E-state index contributed by atoms with van der Waals surface area (Å²) in [6.07, 6.45) is 2.86. The minimum Gasteiger partial charge on any atom is -0.488 e. The van der Waals surface area contributed by atoms with Crippen LogP contribution in [-0.4, -0.2) is 48.4 Å². The highest BCUT2D eigenvalue weighted by molar-refractivity contribution is 5.84. The van der Waals surface area contributed by atoms with Crippen molar-refractivity contribution in [1.29, 1.82) is 0 Å². The van der Waals surface area contributed by atoms with Crippen molar-refractivity contribution >= 4 is 17.1 Å². The zero-order valence-electron chi connectivity index (χ0n) is 19.1. The predicted molar refractivity (Wildman–Crippen MR) is 125 cm³/mol. The van der Waals surface area contributed by atoms with Crippen LogP contribution >= 0.6 is 0 Å². The summed E-state index contributed by atoms with van der Waals surface area (Å²) in [7, 11) is 3.75. The maximum absolute atomic E-state index is 11.0. The number of rotatable bonds is 6. The molecule has 0 atom stereocenters. The Bertz CT molecular complexity index is 995. The van der Waals surface area contributed by atoms with Crippen LogP contribution in [0, 0.1) is 12.8 Å². The Hall–Kier alpha value is -3.06. The van der Waals surface area contributed by atoms with Crippen LogP contribution < -0.4 is 10.1 Å². The first-order chi connectivity index (χ1) is 15.5. The lowest BCUT2D eigenvalue weighted by molar-refractivity contribution is 0.123. The average molecular weight is 440 g/mol. The van der Waals surface area contributed by atoms with Gasteiger partial charge in [0.15, 0.2) is 5.58 Å². The van der Waals surface area contributed by atoms with Gasteiger partial charge >= 0.3 is 6.09 Å². The Morgan fingerprint density at radius 2 is 1.88 bits per heavy atom. The molecule has 2 heterocycles. The van der Waals surface area contributed by atoms with E-state index >= 15 is 0 Å². The van der Waals surface area contributed by atoms with Crippen molar-refractivity contribution in [2.24, 2.45) is 5.92 Å². The Balaban J connectivity index is 0.000000913. The third kappa shape index (κ3) is 6.01. The number of aromatic nitrogens is 1. The Kier molecular flexibility index (Phi) is 8.50. The molecule has 2 N–H and O–H groups in total. The number of hydrogen-bond donors (Lipinski definition) is 2. The fourth-order valence-electron chi connectivity index (χ4n) is 3.99. The summed E-state index contributed by atoms with van der Waals surface area (Å²) in [4.78, 5) is 12.5. The highest BCUT2D eigenvalue weighted by Crippen LogP contribution is 2.31. The van der Waals surface area contributed by atoms with Crippen molar-refractivity contribution in [2.75, 3.05) is 27.2 Å². The molecule has 1 aromatic heterocycles. The highest BCUT2D eigenvalue weighted by Gasteiger charge is 2.23. The molecule has 1 fully saturated rings. The van der Waals surface area contributed by atoms with Crippen molar-refractivity contribution in [3.63, 3.8) is 0 Å². The third-order valence-corrected chi connectivity index (χ3v) is 5.83. The van der Waals surface area contributed by atoms with Gasteiger partial charge in [0.1, 0.15) is 12.4 Å². The van der Waals surface area contributed by atoms with Gasteiger partial charge < -0.3 is 24.6 Å². The second kappa shape index (κ2) is 11.5. The number of nitrogens with zero attached hydrogens (tertiary/aromatic N) is 2. The second-order valence-corrected chi connectivity index (χ2v) is 8.22. The minimum atomic E-state index is -0.813. The van der Waals surface area contributed by atoms with E-state index in [4.69, 9.17) is 14.4 Å². The van der Waals surface area contributed by atoms with Crippen molar-refractivity contribution in [2.45, 2.75) is 39.2 Å². The van der Waals surface area contributed by atoms with Crippen molar-refractivity contribution in [1.82, 2.24) is 15.4 Å². The third-order valence-electron chi connectivity index (χ3n) is 5.83. The van der Waals surface area contributed by atoms with Gasteiger partial charge in [-0.05, 0) is 70.3 Å². The van der Waals surface area contributed by atoms with E-state index in [1.807, 2.05) is 63.5 Å². The molecule has 0 bridgehead atoms. The van der Waals surface area contributed by atoms with Gasteiger partial charge in [0.2, 0.25) is 0 Å². The van der Waals surface area contributed by atoms with Crippen LogP contribution in [0.1, 0.15) is 36.1 Å². The van der Waals surface area contributed by atoms with E-state index in [0.29, 0.717) is 25.6 Å². The number of amides is 1. The number of likely N-dealkylation sites (tertiary alicyclic amines) is 1. The monoisotopic (exact) mass is 439 g/mol. The maximum Gasteiger partial charge on any atom is 0.407 e. The van der Waals surface area contributed by atoms with E-state index in [1.165, 1.54) is 4.90 Å². The second-order valence-electron chi connectivity index (χ2n) is 8.22. The zero-order chi connectivity index (χ0) is 22.9. The van der Waals surface area contributed by atoms with Gasteiger partial charge in [-0.2, -0.15) is 0 Å². The zero-order valence-corrected chi connectivity index (χ0v) is 19.1. The quantitative estimate of drug-likeness (QED) is 0.570. The van der Waals surface area contributed by atoms with Gasteiger partial charge in [-0.25, -0.2) is 4.79 Å². The molecule has 4 rings (SSSR count). The maximum atomic E-state index is 11.0. The molecule has 0 spiro atoms. The smallest absolute Gasteiger partial charge is 0.407 e. The summed E-state index contributed by atoms with van der Waals surface area (Å²) in [5, 5.41) is 17.2. The molecule has 0 radical (unpaired) electrons. The molecule has 7 heteroatoms. The molecular weight excluding hydrogens is 406 g/mol. The molecule has 0 unspecified atom stereocenters. The van der Waals surface area contributed by atoms with Crippen LogP contribution in [0.4, 0.5) is 4.79 Å².